The summed E-state index contributed by atoms with van der Waals surface area (Å²) in [5, 5.41) is 2.72. The van der Waals surface area contributed by atoms with E-state index in [0.29, 0.717) is 38.2 Å². The summed E-state index contributed by atoms with van der Waals surface area (Å²) in [6.07, 6.45) is 4.34. The molecule has 1 atom stereocenters. The Morgan fingerprint density at radius 1 is 1.06 bits per heavy atom. The van der Waals surface area contributed by atoms with Crippen molar-refractivity contribution >= 4 is 27.5 Å². The highest BCUT2D eigenvalue weighted by molar-refractivity contribution is 7.89. The van der Waals surface area contributed by atoms with E-state index in [1.54, 1.807) is 4.90 Å². The van der Waals surface area contributed by atoms with Crippen LogP contribution in [0, 0.1) is 11.7 Å². The van der Waals surface area contributed by atoms with Gasteiger partial charge in [0.25, 0.3) is 5.91 Å². The van der Waals surface area contributed by atoms with Crippen molar-refractivity contribution in [2.75, 3.05) is 31.5 Å². The van der Waals surface area contributed by atoms with Gasteiger partial charge in [-0.3, -0.25) is 9.59 Å². The average Bonchev–Trinajstić information content (AvgIpc) is 3.48. The van der Waals surface area contributed by atoms with Crippen LogP contribution < -0.4 is 5.32 Å². The minimum Gasteiger partial charge on any atom is -0.356 e. The normalized spacial score (nSPS) is 20.0. The number of H-pyrrole nitrogens is 1. The van der Waals surface area contributed by atoms with Gasteiger partial charge in [0.15, 0.2) is 0 Å². The highest BCUT2D eigenvalue weighted by atomic mass is 32.2. The first-order valence-corrected chi connectivity index (χ1v) is 11.8. The molecule has 0 saturated carbocycles. The van der Waals surface area contributed by atoms with Crippen LogP contribution in [0.3, 0.4) is 0 Å². The van der Waals surface area contributed by atoms with Crippen molar-refractivity contribution < 1.29 is 22.4 Å². The lowest BCUT2D eigenvalue weighted by molar-refractivity contribution is -0.120. The molecule has 2 N–H and O–H groups in total. The molecule has 2 fully saturated rings. The third kappa shape index (κ3) is 4.64. The summed E-state index contributed by atoms with van der Waals surface area (Å²) >= 11 is 0. The van der Waals surface area contributed by atoms with Crippen molar-refractivity contribution in [2.24, 2.45) is 5.92 Å². The maximum Gasteiger partial charge on any atom is 0.270 e. The summed E-state index contributed by atoms with van der Waals surface area (Å²) in [5.74, 6) is -1.42. The second kappa shape index (κ2) is 8.80. The van der Waals surface area contributed by atoms with Crippen LogP contribution in [0.15, 0.2) is 41.4 Å². The molecule has 0 spiro atoms. The maximum atomic E-state index is 13.1. The van der Waals surface area contributed by atoms with Crippen LogP contribution in [-0.2, 0) is 14.8 Å². The molecule has 2 saturated heterocycles. The first-order chi connectivity index (χ1) is 14.8. The third-order valence-corrected chi connectivity index (χ3v) is 7.63. The fourth-order valence-corrected chi connectivity index (χ4v) is 5.56. The number of aromatic nitrogens is 1. The molecule has 2 amide bonds. The molecule has 1 aromatic heterocycles. The van der Waals surface area contributed by atoms with Crippen LogP contribution in [0.4, 0.5) is 10.1 Å². The van der Waals surface area contributed by atoms with Gasteiger partial charge in [-0.2, -0.15) is 4.31 Å². The van der Waals surface area contributed by atoms with Gasteiger partial charge in [0.1, 0.15) is 16.4 Å². The topological polar surface area (TPSA) is 103 Å². The van der Waals surface area contributed by atoms with Gasteiger partial charge >= 0.3 is 0 Å². The molecule has 2 aliphatic rings. The van der Waals surface area contributed by atoms with Crippen LogP contribution in [0.25, 0.3) is 0 Å². The zero-order valence-corrected chi connectivity index (χ0v) is 17.8. The van der Waals surface area contributed by atoms with E-state index >= 15 is 0 Å². The van der Waals surface area contributed by atoms with Crippen LogP contribution >= 0.6 is 0 Å². The van der Waals surface area contributed by atoms with Gasteiger partial charge in [-0.05, 0) is 56.0 Å². The molecule has 2 aromatic rings. The summed E-state index contributed by atoms with van der Waals surface area (Å²) < 4.78 is 40.6. The fraction of sp³-hybridized carbons (Fsp3) is 0.429. The Bertz CT molecular complexity index is 1060. The van der Waals surface area contributed by atoms with E-state index in [-0.39, 0.29) is 28.9 Å². The van der Waals surface area contributed by atoms with Gasteiger partial charge in [-0.1, -0.05) is 0 Å². The number of hydrogen-bond donors (Lipinski definition) is 2. The number of carbonyl (C=O) groups is 2. The highest BCUT2D eigenvalue weighted by Gasteiger charge is 2.34. The zero-order valence-electron chi connectivity index (χ0n) is 17.0. The van der Waals surface area contributed by atoms with Gasteiger partial charge in [0.05, 0.1) is 5.92 Å². The summed E-state index contributed by atoms with van der Waals surface area (Å²) in [6.45, 7) is 1.72. The highest BCUT2D eigenvalue weighted by Crippen LogP contribution is 2.26. The number of hydrogen-bond acceptors (Lipinski definition) is 4. The van der Waals surface area contributed by atoms with Crippen molar-refractivity contribution in [1.29, 1.82) is 0 Å². The first kappa shape index (κ1) is 21.5. The summed E-state index contributed by atoms with van der Waals surface area (Å²) in [4.78, 5) is 29.7. The quantitative estimate of drug-likeness (QED) is 0.733. The SMILES string of the molecule is O=C(Nc1ccc(F)cc1)[C@@H]1CCCN(S(=O)(=O)c2c[nH]c(C(=O)N3CCCC3)c2)C1. The molecule has 0 radical (unpaired) electrons. The van der Waals surface area contributed by atoms with Gasteiger partial charge in [0.2, 0.25) is 15.9 Å². The molecule has 0 bridgehead atoms. The van der Waals surface area contributed by atoms with Crippen LogP contribution in [0.5, 0.6) is 0 Å². The number of halogens is 1. The Kier molecular flexibility index (Phi) is 6.10. The number of rotatable bonds is 5. The average molecular weight is 449 g/mol. The van der Waals surface area contributed by atoms with E-state index in [1.165, 1.54) is 40.8 Å². The monoisotopic (exact) mass is 448 g/mol. The molecular formula is C21H25FN4O4S. The Hall–Kier alpha value is -2.72. The molecule has 0 unspecified atom stereocenters. The van der Waals surface area contributed by atoms with Crippen molar-refractivity contribution in [2.45, 2.75) is 30.6 Å². The van der Waals surface area contributed by atoms with E-state index in [2.05, 4.69) is 10.3 Å². The van der Waals surface area contributed by atoms with Gasteiger partial charge < -0.3 is 15.2 Å². The molecule has 166 valence electrons. The van der Waals surface area contributed by atoms with E-state index in [4.69, 9.17) is 0 Å². The second-order valence-corrected chi connectivity index (χ2v) is 9.88. The van der Waals surface area contributed by atoms with E-state index in [1.807, 2.05) is 0 Å². The molecule has 3 heterocycles. The minimum atomic E-state index is -3.84. The summed E-state index contributed by atoms with van der Waals surface area (Å²) in [7, 11) is -3.84. The largest absolute Gasteiger partial charge is 0.356 e. The molecule has 4 rings (SSSR count). The molecule has 31 heavy (non-hydrogen) atoms. The number of carbonyl (C=O) groups excluding carboxylic acids is 2. The Morgan fingerprint density at radius 3 is 2.48 bits per heavy atom. The third-order valence-electron chi connectivity index (χ3n) is 5.78. The number of piperidine rings is 1. The predicted octanol–water partition coefficient (Wildman–Crippen LogP) is 2.43. The van der Waals surface area contributed by atoms with Gasteiger partial charge in [-0.15, -0.1) is 0 Å². The van der Waals surface area contributed by atoms with Gasteiger partial charge in [-0.25, -0.2) is 12.8 Å². The molecule has 2 aliphatic heterocycles. The number of benzene rings is 1. The summed E-state index contributed by atoms with van der Waals surface area (Å²) in [6, 6.07) is 6.80. The fourth-order valence-electron chi connectivity index (χ4n) is 4.04. The van der Waals surface area contributed by atoms with Crippen molar-refractivity contribution in [1.82, 2.24) is 14.2 Å². The van der Waals surface area contributed by atoms with Crippen LogP contribution in [0.1, 0.15) is 36.2 Å². The molecule has 0 aliphatic carbocycles. The van der Waals surface area contributed by atoms with E-state index in [0.717, 1.165) is 12.8 Å². The number of sulfonamides is 1. The number of likely N-dealkylation sites (tertiary alicyclic amines) is 1. The number of amides is 2. The molecule has 1 aromatic carbocycles. The lowest BCUT2D eigenvalue weighted by Crippen LogP contribution is -2.43. The Morgan fingerprint density at radius 2 is 1.77 bits per heavy atom. The van der Waals surface area contributed by atoms with Gasteiger partial charge in [0, 0.05) is 38.1 Å². The molecule has 10 heteroatoms. The first-order valence-electron chi connectivity index (χ1n) is 10.4. The minimum absolute atomic E-state index is 0.0228. The Balaban J connectivity index is 1.44. The maximum absolute atomic E-state index is 13.1. The summed E-state index contributed by atoms with van der Waals surface area (Å²) in [5.41, 5.74) is 0.713. The molecular weight excluding hydrogens is 423 g/mol. The van der Waals surface area contributed by atoms with Crippen molar-refractivity contribution in [3.05, 3.63) is 48.0 Å². The van der Waals surface area contributed by atoms with Crippen LogP contribution in [-0.4, -0.2) is 60.6 Å². The molecule has 8 nitrogen and oxygen atoms in total. The zero-order chi connectivity index (χ0) is 22.0. The number of aromatic amines is 1. The smallest absolute Gasteiger partial charge is 0.270 e. The standard InChI is InChI=1S/C21H25FN4O4S/c22-16-5-7-17(8-6-16)24-20(27)15-4-3-11-26(14-15)31(29,30)18-12-19(23-13-18)21(28)25-9-1-2-10-25/h5-8,12-13,15,23H,1-4,9-11,14H2,(H,24,27)/t15-/m1/s1. The predicted molar refractivity (Wildman–Crippen MR) is 112 cm³/mol. The van der Waals surface area contributed by atoms with E-state index < -0.39 is 21.8 Å². The number of anilines is 1. The lowest BCUT2D eigenvalue weighted by Gasteiger charge is -2.30. The van der Waals surface area contributed by atoms with E-state index in [9.17, 15) is 22.4 Å². The van der Waals surface area contributed by atoms with Crippen LogP contribution in [0.2, 0.25) is 0 Å². The number of nitrogens with one attached hydrogen (secondary N) is 2. The number of nitrogens with zero attached hydrogens (tertiary/aromatic N) is 2. The van der Waals surface area contributed by atoms with Crippen molar-refractivity contribution in [3.8, 4) is 0 Å². The Labute approximate surface area is 180 Å². The lowest BCUT2D eigenvalue weighted by atomic mass is 9.99. The second-order valence-electron chi connectivity index (χ2n) is 7.95. The van der Waals surface area contributed by atoms with Crippen molar-refractivity contribution in [3.63, 3.8) is 0 Å².